The highest BCUT2D eigenvalue weighted by Gasteiger charge is 2.20. The highest BCUT2D eigenvalue weighted by Crippen LogP contribution is 2.27. The molecule has 2 aromatic heterocycles. The number of rotatable bonds is 5. The molecular formula is C15H14N4OS2. The van der Waals surface area contributed by atoms with Gasteiger partial charge in [0.15, 0.2) is 10.3 Å². The van der Waals surface area contributed by atoms with Crippen LogP contribution in [0.1, 0.15) is 13.3 Å². The van der Waals surface area contributed by atoms with E-state index < -0.39 is 0 Å². The summed E-state index contributed by atoms with van der Waals surface area (Å²) in [6.45, 7) is 1.97. The summed E-state index contributed by atoms with van der Waals surface area (Å²) in [5, 5.41) is 3.88. The summed E-state index contributed by atoms with van der Waals surface area (Å²) >= 11 is 2.84. The highest BCUT2D eigenvalue weighted by atomic mass is 32.2. The van der Waals surface area contributed by atoms with Gasteiger partial charge < -0.3 is 5.32 Å². The van der Waals surface area contributed by atoms with Gasteiger partial charge in [-0.15, -0.1) is 0 Å². The molecule has 1 N–H and O–H groups in total. The molecule has 1 amide bonds. The van der Waals surface area contributed by atoms with Crippen LogP contribution in [0, 0.1) is 0 Å². The molecule has 3 aromatic rings. The van der Waals surface area contributed by atoms with Crippen molar-refractivity contribution in [2.45, 2.75) is 23.8 Å². The van der Waals surface area contributed by atoms with E-state index in [4.69, 9.17) is 0 Å². The van der Waals surface area contributed by atoms with Crippen LogP contribution in [0.2, 0.25) is 0 Å². The molecule has 0 saturated heterocycles. The Balaban J connectivity index is 1.71. The lowest BCUT2D eigenvalue weighted by molar-refractivity contribution is -0.115. The molecule has 1 atom stereocenters. The maximum atomic E-state index is 12.4. The number of para-hydroxylation sites is 1. The summed E-state index contributed by atoms with van der Waals surface area (Å²) in [7, 11) is 0. The Kier molecular flexibility index (Phi) is 4.65. The summed E-state index contributed by atoms with van der Waals surface area (Å²) in [6, 6.07) is 9.58. The number of nitrogens with one attached hydrogen (secondary N) is 1. The topological polar surface area (TPSA) is 67.8 Å². The Hall–Kier alpha value is -1.99. The van der Waals surface area contributed by atoms with Crippen molar-refractivity contribution in [1.82, 2.24) is 15.0 Å². The molecule has 5 nitrogen and oxygen atoms in total. The number of nitrogens with zero attached hydrogens (tertiary/aromatic N) is 3. The zero-order valence-corrected chi connectivity index (χ0v) is 13.5. The summed E-state index contributed by atoms with van der Waals surface area (Å²) in [5.41, 5.74) is 0.898. The zero-order valence-electron chi connectivity index (χ0n) is 11.9. The van der Waals surface area contributed by atoms with Gasteiger partial charge in [-0.1, -0.05) is 42.2 Å². The molecule has 0 aliphatic heterocycles. The molecule has 0 spiro atoms. The van der Waals surface area contributed by atoms with E-state index in [2.05, 4.69) is 20.3 Å². The average Bonchev–Trinajstić information content (AvgIpc) is 2.95. The number of carbonyl (C=O) groups excluding carboxylic acids is 1. The molecule has 3 rings (SSSR count). The number of thioether (sulfide) groups is 1. The quantitative estimate of drug-likeness (QED) is 0.572. The van der Waals surface area contributed by atoms with Crippen LogP contribution in [0.15, 0.2) is 47.9 Å². The molecule has 0 radical (unpaired) electrons. The number of amides is 1. The number of anilines is 1. The number of aromatic nitrogens is 3. The Bertz CT molecular complexity index is 742. The molecule has 2 heterocycles. The standard InChI is InChI=1S/C15H14N4OS2/c1-2-11(21-14-16-8-5-9-17-14)13(20)19-15-18-10-6-3-4-7-12(10)22-15/h3-9,11H,2H2,1H3,(H,18,19,20). The molecule has 1 unspecified atom stereocenters. The Morgan fingerprint density at radius 3 is 2.77 bits per heavy atom. The number of hydrogen-bond donors (Lipinski definition) is 1. The first-order chi connectivity index (χ1) is 10.8. The van der Waals surface area contributed by atoms with Gasteiger partial charge in [-0.25, -0.2) is 15.0 Å². The zero-order chi connectivity index (χ0) is 15.4. The van der Waals surface area contributed by atoms with E-state index in [-0.39, 0.29) is 11.2 Å². The molecule has 0 aliphatic carbocycles. The van der Waals surface area contributed by atoms with E-state index in [1.54, 1.807) is 18.5 Å². The van der Waals surface area contributed by atoms with Gasteiger partial charge >= 0.3 is 0 Å². The number of benzene rings is 1. The third-order valence-corrected chi connectivity index (χ3v) is 5.18. The number of carbonyl (C=O) groups is 1. The second kappa shape index (κ2) is 6.85. The minimum atomic E-state index is -0.241. The monoisotopic (exact) mass is 330 g/mol. The molecular weight excluding hydrogens is 316 g/mol. The molecule has 0 bridgehead atoms. The predicted molar refractivity (Wildman–Crippen MR) is 90.2 cm³/mol. The number of hydrogen-bond acceptors (Lipinski definition) is 6. The van der Waals surface area contributed by atoms with Crippen LogP contribution in [-0.4, -0.2) is 26.1 Å². The molecule has 22 heavy (non-hydrogen) atoms. The minimum absolute atomic E-state index is 0.0704. The van der Waals surface area contributed by atoms with Crippen molar-refractivity contribution in [3.05, 3.63) is 42.7 Å². The molecule has 0 fully saturated rings. The molecule has 112 valence electrons. The first kappa shape index (κ1) is 14.9. The van der Waals surface area contributed by atoms with Crippen molar-refractivity contribution in [2.24, 2.45) is 0 Å². The number of fused-ring (bicyclic) bond motifs is 1. The third-order valence-electron chi connectivity index (χ3n) is 2.98. The van der Waals surface area contributed by atoms with Crippen LogP contribution in [0.5, 0.6) is 0 Å². The van der Waals surface area contributed by atoms with Crippen molar-refractivity contribution in [2.75, 3.05) is 5.32 Å². The van der Waals surface area contributed by atoms with Crippen molar-refractivity contribution in [3.63, 3.8) is 0 Å². The van der Waals surface area contributed by atoms with Crippen LogP contribution < -0.4 is 5.32 Å². The van der Waals surface area contributed by atoms with Gasteiger partial charge in [-0.3, -0.25) is 4.79 Å². The lowest BCUT2D eigenvalue weighted by Gasteiger charge is -2.11. The van der Waals surface area contributed by atoms with Crippen molar-refractivity contribution in [1.29, 1.82) is 0 Å². The van der Waals surface area contributed by atoms with Crippen molar-refractivity contribution < 1.29 is 4.79 Å². The van der Waals surface area contributed by atoms with Gasteiger partial charge in [0.1, 0.15) is 0 Å². The maximum absolute atomic E-state index is 12.4. The van der Waals surface area contributed by atoms with E-state index in [1.165, 1.54) is 23.1 Å². The maximum Gasteiger partial charge on any atom is 0.239 e. The van der Waals surface area contributed by atoms with Crippen molar-refractivity contribution in [3.8, 4) is 0 Å². The first-order valence-corrected chi connectivity index (χ1v) is 8.56. The van der Waals surface area contributed by atoms with Gasteiger partial charge in [0.2, 0.25) is 5.91 Å². The normalized spacial score (nSPS) is 12.2. The lowest BCUT2D eigenvalue weighted by atomic mass is 10.3. The van der Waals surface area contributed by atoms with E-state index in [1.807, 2.05) is 31.2 Å². The van der Waals surface area contributed by atoms with Gasteiger partial charge in [0, 0.05) is 12.4 Å². The fourth-order valence-electron chi connectivity index (χ4n) is 1.91. The summed E-state index contributed by atoms with van der Waals surface area (Å²) in [6.07, 6.45) is 4.04. The Labute approximate surface area is 136 Å². The molecule has 1 aromatic carbocycles. The van der Waals surface area contributed by atoms with Gasteiger partial charge in [0.25, 0.3) is 0 Å². The smallest absolute Gasteiger partial charge is 0.239 e. The average molecular weight is 330 g/mol. The largest absolute Gasteiger partial charge is 0.301 e. The summed E-state index contributed by atoms with van der Waals surface area (Å²) in [5.74, 6) is -0.0704. The molecule has 0 saturated carbocycles. The fraction of sp³-hybridized carbons (Fsp3) is 0.200. The Morgan fingerprint density at radius 1 is 1.27 bits per heavy atom. The predicted octanol–water partition coefficient (Wildman–Crippen LogP) is 3.60. The number of thiazole rings is 1. The van der Waals surface area contributed by atoms with E-state index in [9.17, 15) is 4.79 Å². The highest BCUT2D eigenvalue weighted by molar-refractivity contribution is 8.00. The lowest BCUT2D eigenvalue weighted by Crippen LogP contribution is -2.24. The van der Waals surface area contributed by atoms with E-state index in [0.717, 1.165) is 10.2 Å². The van der Waals surface area contributed by atoms with E-state index in [0.29, 0.717) is 16.7 Å². The third kappa shape index (κ3) is 3.42. The van der Waals surface area contributed by atoms with E-state index >= 15 is 0 Å². The van der Waals surface area contributed by atoms with Crippen LogP contribution in [0.3, 0.4) is 0 Å². The van der Waals surface area contributed by atoms with Gasteiger partial charge in [0.05, 0.1) is 15.5 Å². The van der Waals surface area contributed by atoms with Gasteiger partial charge in [-0.2, -0.15) is 0 Å². The van der Waals surface area contributed by atoms with Crippen molar-refractivity contribution >= 4 is 44.4 Å². The second-order valence-electron chi connectivity index (χ2n) is 4.52. The Morgan fingerprint density at radius 2 is 2.05 bits per heavy atom. The van der Waals surface area contributed by atoms with Crippen LogP contribution >= 0.6 is 23.1 Å². The summed E-state index contributed by atoms with van der Waals surface area (Å²) < 4.78 is 1.06. The van der Waals surface area contributed by atoms with Gasteiger partial charge in [-0.05, 0) is 24.6 Å². The first-order valence-electron chi connectivity index (χ1n) is 6.86. The summed E-state index contributed by atoms with van der Waals surface area (Å²) in [4.78, 5) is 25.1. The van der Waals surface area contributed by atoms with Crippen LogP contribution in [-0.2, 0) is 4.79 Å². The molecule has 7 heteroatoms. The second-order valence-corrected chi connectivity index (χ2v) is 6.72. The molecule has 0 aliphatic rings. The van der Waals surface area contributed by atoms with Crippen LogP contribution in [0.25, 0.3) is 10.2 Å². The van der Waals surface area contributed by atoms with Crippen LogP contribution in [0.4, 0.5) is 5.13 Å². The fourth-order valence-corrected chi connectivity index (χ4v) is 3.61. The SMILES string of the molecule is CCC(Sc1ncccn1)C(=O)Nc1nc2ccccc2s1. The minimum Gasteiger partial charge on any atom is -0.301 e.